The monoisotopic (exact) mass is 286 g/mol. The fraction of sp³-hybridized carbons (Fsp3) is 0.0714. The second-order valence-corrected chi connectivity index (χ2v) is 4.49. The molecule has 1 N–H and O–H groups in total. The molecule has 2 aromatic carbocycles. The van der Waals surface area contributed by atoms with E-state index < -0.39 is 0 Å². The second-order valence-electron chi connectivity index (χ2n) is 3.63. The van der Waals surface area contributed by atoms with Crippen molar-refractivity contribution < 1.29 is 0 Å². The molecule has 0 aliphatic rings. The van der Waals surface area contributed by atoms with Crippen LogP contribution in [0.2, 0.25) is 0 Å². The third-order valence-corrected chi connectivity index (χ3v) is 3.23. The molecule has 0 bridgehead atoms. The minimum Gasteiger partial charge on any atom is -0.381 e. The van der Waals surface area contributed by atoms with Crippen molar-refractivity contribution in [3.8, 4) is 6.07 Å². The lowest BCUT2D eigenvalue weighted by Crippen LogP contribution is -1.99. The van der Waals surface area contributed by atoms with Gasteiger partial charge < -0.3 is 5.32 Å². The number of nitrogens with one attached hydrogen (secondary N) is 1. The molecule has 2 nitrogen and oxygen atoms in total. The molecule has 17 heavy (non-hydrogen) atoms. The van der Waals surface area contributed by atoms with E-state index in [0.717, 1.165) is 16.7 Å². The van der Waals surface area contributed by atoms with Crippen molar-refractivity contribution in [3.63, 3.8) is 0 Å². The molecule has 3 heteroatoms. The fourth-order valence-corrected chi connectivity index (χ4v) is 1.93. The molecule has 2 rings (SSSR count). The van der Waals surface area contributed by atoms with E-state index in [1.807, 2.05) is 42.5 Å². The Kier molecular flexibility index (Phi) is 3.79. The molecule has 0 aliphatic carbocycles. The Bertz CT molecular complexity index is 541. The molecule has 0 aromatic heterocycles. The Balaban J connectivity index is 2.03. The van der Waals surface area contributed by atoms with E-state index in [4.69, 9.17) is 5.26 Å². The summed E-state index contributed by atoms with van der Waals surface area (Å²) in [7, 11) is 0. The van der Waals surface area contributed by atoms with Crippen molar-refractivity contribution in [1.82, 2.24) is 0 Å². The first-order valence-corrected chi connectivity index (χ1v) is 6.06. The highest BCUT2D eigenvalue weighted by molar-refractivity contribution is 9.10. The van der Waals surface area contributed by atoms with E-state index >= 15 is 0 Å². The van der Waals surface area contributed by atoms with Crippen molar-refractivity contribution in [2.45, 2.75) is 6.54 Å². The summed E-state index contributed by atoms with van der Waals surface area (Å²) in [6.07, 6.45) is 0. The smallest absolute Gasteiger partial charge is 0.0991 e. The first kappa shape index (κ1) is 11.7. The van der Waals surface area contributed by atoms with Crippen LogP contribution in [0.25, 0.3) is 0 Å². The van der Waals surface area contributed by atoms with Gasteiger partial charge in [-0.3, -0.25) is 0 Å². The minimum absolute atomic E-state index is 0.677. The van der Waals surface area contributed by atoms with Crippen molar-refractivity contribution in [2.24, 2.45) is 0 Å². The van der Waals surface area contributed by atoms with Gasteiger partial charge in [-0.15, -0.1) is 0 Å². The van der Waals surface area contributed by atoms with E-state index in [9.17, 15) is 0 Å². The predicted molar refractivity (Wildman–Crippen MR) is 72.6 cm³/mol. The topological polar surface area (TPSA) is 35.8 Å². The van der Waals surface area contributed by atoms with Crippen LogP contribution < -0.4 is 5.32 Å². The number of nitrogens with zero attached hydrogens (tertiary/aromatic N) is 1. The van der Waals surface area contributed by atoms with Gasteiger partial charge >= 0.3 is 0 Å². The van der Waals surface area contributed by atoms with Crippen molar-refractivity contribution in [2.75, 3.05) is 5.32 Å². The van der Waals surface area contributed by atoms with Gasteiger partial charge in [-0.2, -0.15) is 5.26 Å². The second kappa shape index (κ2) is 5.51. The third kappa shape index (κ3) is 3.08. The first-order valence-electron chi connectivity index (χ1n) is 5.27. The predicted octanol–water partition coefficient (Wildman–Crippen LogP) is 3.93. The molecule has 2 aromatic rings. The van der Waals surface area contributed by atoms with Crippen molar-refractivity contribution >= 4 is 21.6 Å². The molecule has 0 saturated carbocycles. The quantitative estimate of drug-likeness (QED) is 0.928. The molecule has 0 unspecified atom stereocenters. The molecule has 0 atom stereocenters. The summed E-state index contributed by atoms with van der Waals surface area (Å²) < 4.78 is 1.10. The van der Waals surface area contributed by atoms with Crippen LogP contribution in [0.5, 0.6) is 0 Å². The van der Waals surface area contributed by atoms with E-state index in [1.54, 1.807) is 0 Å². The lowest BCUT2D eigenvalue weighted by Gasteiger charge is -2.07. The maximum absolute atomic E-state index is 8.70. The molecule has 84 valence electrons. The summed E-state index contributed by atoms with van der Waals surface area (Å²) in [5.41, 5.74) is 2.90. The lowest BCUT2D eigenvalue weighted by atomic mass is 10.2. The number of hydrogen-bond donors (Lipinski definition) is 1. The van der Waals surface area contributed by atoms with E-state index in [-0.39, 0.29) is 0 Å². The van der Waals surface area contributed by atoms with Crippen molar-refractivity contribution in [1.29, 1.82) is 5.26 Å². The number of nitriles is 1. The summed E-state index contributed by atoms with van der Waals surface area (Å²) >= 11 is 3.51. The van der Waals surface area contributed by atoms with Crippen molar-refractivity contribution in [3.05, 3.63) is 64.1 Å². The molecule has 0 aliphatic heterocycles. The summed E-state index contributed by atoms with van der Waals surface area (Å²) in [6.45, 7) is 0.757. The van der Waals surface area contributed by atoms with Gasteiger partial charge in [-0.05, 0) is 35.9 Å². The van der Waals surface area contributed by atoms with Crippen LogP contribution >= 0.6 is 15.9 Å². The van der Waals surface area contributed by atoms with E-state index in [0.29, 0.717) is 5.56 Å². The summed E-state index contributed by atoms with van der Waals surface area (Å²) in [5.74, 6) is 0. The average molecular weight is 287 g/mol. The number of rotatable bonds is 3. The van der Waals surface area contributed by atoms with Gasteiger partial charge in [0, 0.05) is 16.7 Å². The summed E-state index contributed by atoms with van der Waals surface area (Å²) in [5, 5.41) is 12.0. The van der Waals surface area contributed by atoms with Gasteiger partial charge in [0.25, 0.3) is 0 Å². The molecular formula is C14H11BrN2. The Hall–Kier alpha value is -1.79. The molecule has 0 heterocycles. The maximum atomic E-state index is 8.70. The fourth-order valence-electron chi connectivity index (χ4n) is 1.50. The summed E-state index contributed by atoms with van der Waals surface area (Å²) in [4.78, 5) is 0. The zero-order valence-electron chi connectivity index (χ0n) is 9.15. The number of anilines is 1. The highest BCUT2D eigenvalue weighted by atomic mass is 79.9. The Labute approximate surface area is 109 Å². The lowest BCUT2D eigenvalue weighted by molar-refractivity contribution is 1.14. The maximum Gasteiger partial charge on any atom is 0.0991 e. The molecule has 0 saturated heterocycles. The van der Waals surface area contributed by atoms with E-state index in [1.165, 1.54) is 5.56 Å². The number of halogens is 1. The third-order valence-electron chi connectivity index (χ3n) is 2.45. The first-order chi connectivity index (χ1) is 8.29. The Morgan fingerprint density at radius 1 is 1.06 bits per heavy atom. The molecule has 0 spiro atoms. The standard InChI is InChI=1S/C14H11BrN2/c15-14-4-2-1-3-12(14)10-17-13-7-5-11(9-16)6-8-13/h1-8,17H,10H2. The molecule has 0 fully saturated rings. The zero-order valence-corrected chi connectivity index (χ0v) is 10.7. The highest BCUT2D eigenvalue weighted by Crippen LogP contribution is 2.17. The normalized spacial score (nSPS) is 9.65. The van der Waals surface area contributed by atoms with Gasteiger partial charge in [-0.1, -0.05) is 34.1 Å². The van der Waals surface area contributed by atoms with Crippen LogP contribution in [0, 0.1) is 11.3 Å². The average Bonchev–Trinajstić information content (AvgIpc) is 2.38. The van der Waals surface area contributed by atoms with Gasteiger partial charge in [0.1, 0.15) is 0 Å². The van der Waals surface area contributed by atoms with Crippen LogP contribution in [0.4, 0.5) is 5.69 Å². The minimum atomic E-state index is 0.677. The SMILES string of the molecule is N#Cc1ccc(NCc2ccccc2Br)cc1. The Morgan fingerprint density at radius 2 is 1.76 bits per heavy atom. The highest BCUT2D eigenvalue weighted by Gasteiger charge is 1.98. The van der Waals surface area contributed by atoms with Gasteiger partial charge in [0.05, 0.1) is 11.6 Å². The van der Waals surface area contributed by atoms with Crippen LogP contribution in [0.3, 0.4) is 0 Å². The summed E-state index contributed by atoms with van der Waals surface area (Å²) in [6, 6.07) is 17.6. The van der Waals surface area contributed by atoms with Crippen LogP contribution in [-0.4, -0.2) is 0 Å². The van der Waals surface area contributed by atoms with Gasteiger partial charge in [0.2, 0.25) is 0 Å². The molecular weight excluding hydrogens is 276 g/mol. The van der Waals surface area contributed by atoms with Crippen LogP contribution in [0.1, 0.15) is 11.1 Å². The number of benzene rings is 2. The molecule has 0 amide bonds. The van der Waals surface area contributed by atoms with Gasteiger partial charge in [0.15, 0.2) is 0 Å². The van der Waals surface area contributed by atoms with Crippen LogP contribution in [-0.2, 0) is 6.54 Å². The Morgan fingerprint density at radius 3 is 2.41 bits per heavy atom. The molecule has 0 radical (unpaired) electrons. The number of hydrogen-bond acceptors (Lipinski definition) is 2. The van der Waals surface area contributed by atoms with Crippen LogP contribution in [0.15, 0.2) is 53.0 Å². The largest absolute Gasteiger partial charge is 0.381 e. The van der Waals surface area contributed by atoms with Gasteiger partial charge in [-0.25, -0.2) is 0 Å². The zero-order chi connectivity index (χ0) is 12.1. The van der Waals surface area contributed by atoms with E-state index in [2.05, 4.69) is 33.4 Å².